The lowest BCUT2D eigenvalue weighted by Gasteiger charge is -2.25. The highest BCUT2D eigenvalue weighted by Gasteiger charge is 2.22. The molecule has 1 N–H and O–H groups in total. The molecule has 0 bridgehead atoms. The summed E-state index contributed by atoms with van der Waals surface area (Å²) in [6.45, 7) is 10.3. The fourth-order valence-electron chi connectivity index (χ4n) is 2.50. The minimum atomic E-state index is -0.810. The van der Waals surface area contributed by atoms with Crippen LogP contribution < -0.4 is 0 Å². The van der Waals surface area contributed by atoms with Crippen molar-refractivity contribution in [3.8, 4) is 0 Å². The summed E-state index contributed by atoms with van der Waals surface area (Å²) in [6.07, 6.45) is 0. The Morgan fingerprint density at radius 3 is 1.61 bits per heavy atom. The van der Waals surface area contributed by atoms with E-state index in [0.717, 1.165) is 10.9 Å². The minimum Gasteiger partial charge on any atom is -0.386 e. The van der Waals surface area contributed by atoms with Gasteiger partial charge in [-0.3, -0.25) is 0 Å². The van der Waals surface area contributed by atoms with Gasteiger partial charge in [0, 0.05) is 0 Å². The van der Waals surface area contributed by atoms with Crippen LogP contribution >= 0.6 is 0 Å². The van der Waals surface area contributed by atoms with E-state index in [1.165, 1.54) is 10.9 Å². The van der Waals surface area contributed by atoms with Gasteiger partial charge >= 0.3 is 0 Å². The molecule has 0 heterocycles. The van der Waals surface area contributed by atoms with Gasteiger partial charge in [-0.15, -0.1) is 0 Å². The van der Waals surface area contributed by atoms with Crippen LogP contribution in [-0.4, -0.2) is 5.11 Å². The number of hydrogen-bond donors (Lipinski definition) is 1. The molecule has 0 aliphatic heterocycles. The Kier molecular flexibility index (Phi) is 2.98. The molecule has 0 fully saturated rings. The lowest BCUT2D eigenvalue weighted by Crippen LogP contribution is -2.17. The van der Waals surface area contributed by atoms with Crippen molar-refractivity contribution in [1.82, 2.24) is 0 Å². The summed E-state index contributed by atoms with van der Waals surface area (Å²) in [4.78, 5) is 0. The maximum Gasteiger partial charge on any atom is 0.0846 e. The lowest BCUT2D eigenvalue weighted by atomic mass is 9.81. The molecule has 18 heavy (non-hydrogen) atoms. The fourth-order valence-corrected chi connectivity index (χ4v) is 2.50. The van der Waals surface area contributed by atoms with Crippen LogP contribution in [0.1, 0.15) is 45.7 Å². The van der Waals surface area contributed by atoms with Crippen molar-refractivity contribution >= 4 is 10.8 Å². The van der Waals surface area contributed by atoms with Gasteiger partial charge in [0.1, 0.15) is 0 Å². The second-order valence-electron chi connectivity index (χ2n) is 6.52. The van der Waals surface area contributed by atoms with Crippen molar-refractivity contribution in [3.05, 3.63) is 47.5 Å². The molecule has 2 rings (SSSR count). The Morgan fingerprint density at radius 2 is 1.17 bits per heavy atom. The van der Waals surface area contributed by atoms with E-state index in [9.17, 15) is 5.11 Å². The minimum absolute atomic E-state index is 0.109. The van der Waals surface area contributed by atoms with E-state index in [-0.39, 0.29) is 5.41 Å². The van der Waals surface area contributed by atoms with Crippen LogP contribution in [0.2, 0.25) is 0 Å². The van der Waals surface area contributed by atoms with E-state index in [0.29, 0.717) is 0 Å². The van der Waals surface area contributed by atoms with Crippen LogP contribution in [-0.2, 0) is 11.0 Å². The van der Waals surface area contributed by atoms with Gasteiger partial charge in [0.2, 0.25) is 0 Å². The predicted molar refractivity (Wildman–Crippen MR) is 77.9 cm³/mol. The maximum absolute atomic E-state index is 10.3. The Morgan fingerprint density at radius 1 is 0.722 bits per heavy atom. The molecule has 1 heteroatoms. The molecule has 0 saturated heterocycles. The summed E-state index contributed by atoms with van der Waals surface area (Å²) in [5.41, 5.74) is 1.62. The molecule has 0 aliphatic carbocycles. The van der Waals surface area contributed by atoms with Gasteiger partial charge < -0.3 is 5.11 Å². The van der Waals surface area contributed by atoms with Crippen molar-refractivity contribution < 1.29 is 5.11 Å². The summed E-state index contributed by atoms with van der Waals surface area (Å²) in [6, 6.07) is 12.5. The van der Waals surface area contributed by atoms with Crippen LogP contribution in [0.15, 0.2) is 36.4 Å². The Bertz CT molecular complexity index is 515. The van der Waals surface area contributed by atoms with Gasteiger partial charge in [0.25, 0.3) is 0 Å². The SMILES string of the molecule is CC(C)(C)c1cccc2c(C(C)(C)O)cccc12. The number of rotatable bonds is 1. The van der Waals surface area contributed by atoms with Crippen molar-refractivity contribution in [3.63, 3.8) is 0 Å². The van der Waals surface area contributed by atoms with Crippen molar-refractivity contribution in [2.24, 2.45) is 0 Å². The molecule has 0 radical (unpaired) electrons. The van der Waals surface area contributed by atoms with Gasteiger partial charge in [-0.25, -0.2) is 0 Å². The topological polar surface area (TPSA) is 20.2 Å². The first kappa shape index (κ1) is 13.1. The first-order valence-electron chi connectivity index (χ1n) is 6.46. The molecular weight excluding hydrogens is 220 g/mol. The lowest BCUT2D eigenvalue weighted by molar-refractivity contribution is 0.0802. The highest BCUT2D eigenvalue weighted by Crippen LogP contribution is 2.34. The average molecular weight is 242 g/mol. The third-order valence-corrected chi connectivity index (χ3v) is 3.39. The van der Waals surface area contributed by atoms with Crippen molar-refractivity contribution in [2.45, 2.75) is 45.6 Å². The average Bonchev–Trinajstić information content (AvgIpc) is 2.24. The summed E-state index contributed by atoms with van der Waals surface area (Å²) in [5, 5.41) is 12.7. The molecule has 0 aliphatic rings. The summed E-state index contributed by atoms with van der Waals surface area (Å²) in [7, 11) is 0. The molecular formula is C17H22O. The zero-order valence-electron chi connectivity index (χ0n) is 11.9. The first-order valence-corrected chi connectivity index (χ1v) is 6.46. The molecule has 0 amide bonds. The largest absolute Gasteiger partial charge is 0.386 e. The quantitative estimate of drug-likeness (QED) is 0.787. The second-order valence-corrected chi connectivity index (χ2v) is 6.52. The number of benzene rings is 2. The standard InChI is InChI=1S/C17H22O/c1-16(2,3)14-10-6-9-13-12(14)8-7-11-15(13)17(4,5)18/h6-11,18H,1-5H3. The zero-order chi connectivity index (χ0) is 13.6. The van der Waals surface area contributed by atoms with E-state index in [1.807, 2.05) is 26.0 Å². The Labute approximate surface area is 109 Å². The molecule has 2 aromatic carbocycles. The first-order chi connectivity index (χ1) is 8.21. The summed E-state index contributed by atoms with van der Waals surface area (Å²) in [5.74, 6) is 0. The highest BCUT2D eigenvalue weighted by molar-refractivity contribution is 5.90. The van der Waals surface area contributed by atoms with E-state index >= 15 is 0 Å². The van der Waals surface area contributed by atoms with Crippen molar-refractivity contribution in [2.75, 3.05) is 0 Å². The third kappa shape index (κ3) is 2.28. The zero-order valence-corrected chi connectivity index (χ0v) is 11.9. The number of aliphatic hydroxyl groups is 1. The fraction of sp³-hybridized carbons (Fsp3) is 0.412. The highest BCUT2D eigenvalue weighted by atomic mass is 16.3. The molecule has 0 unspecified atom stereocenters. The molecule has 1 nitrogen and oxygen atoms in total. The predicted octanol–water partition coefficient (Wildman–Crippen LogP) is 4.36. The van der Waals surface area contributed by atoms with Crippen molar-refractivity contribution in [1.29, 1.82) is 0 Å². The van der Waals surface area contributed by atoms with Crippen LogP contribution in [0.25, 0.3) is 10.8 Å². The van der Waals surface area contributed by atoms with Crippen LogP contribution in [0.4, 0.5) is 0 Å². The van der Waals surface area contributed by atoms with Gasteiger partial charge in [-0.1, -0.05) is 57.2 Å². The summed E-state index contributed by atoms with van der Waals surface area (Å²) >= 11 is 0. The van der Waals surface area contributed by atoms with Crippen LogP contribution in [0.3, 0.4) is 0 Å². The third-order valence-electron chi connectivity index (χ3n) is 3.39. The maximum atomic E-state index is 10.3. The van der Waals surface area contributed by atoms with Gasteiger partial charge in [-0.2, -0.15) is 0 Å². The van der Waals surface area contributed by atoms with E-state index < -0.39 is 5.60 Å². The Hall–Kier alpha value is -1.34. The van der Waals surface area contributed by atoms with E-state index in [2.05, 4.69) is 45.0 Å². The van der Waals surface area contributed by atoms with Gasteiger partial charge in [0.05, 0.1) is 5.60 Å². The normalized spacial score (nSPS) is 13.0. The molecule has 0 spiro atoms. The van der Waals surface area contributed by atoms with Crippen LogP contribution in [0, 0.1) is 0 Å². The number of hydrogen-bond acceptors (Lipinski definition) is 1. The molecule has 0 aromatic heterocycles. The molecule has 0 saturated carbocycles. The molecule has 96 valence electrons. The smallest absolute Gasteiger partial charge is 0.0846 e. The van der Waals surface area contributed by atoms with E-state index in [4.69, 9.17) is 0 Å². The second kappa shape index (κ2) is 4.10. The van der Waals surface area contributed by atoms with E-state index in [1.54, 1.807) is 0 Å². The summed E-state index contributed by atoms with van der Waals surface area (Å²) < 4.78 is 0. The van der Waals surface area contributed by atoms with Gasteiger partial charge in [0.15, 0.2) is 0 Å². The molecule has 2 aromatic rings. The number of fused-ring (bicyclic) bond motifs is 1. The molecule has 0 atom stereocenters. The van der Waals surface area contributed by atoms with Gasteiger partial charge in [-0.05, 0) is 41.2 Å². The monoisotopic (exact) mass is 242 g/mol. The van der Waals surface area contributed by atoms with Crippen LogP contribution in [0.5, 0.6) is 0 Å². The Balaban J connectivity index is 2.82.